The van der Waals surface area contributed by atoms with Gasteiger partial charge in [0.25, 0.3) is 0 Å². The number of aromatic hydroxyl groups is 1. The van der Waals surface area contributed by atoms with Crippen molar-refractivity contribution >= 4 is 16.9 Å². The van der Waals surface area contributed by atoms with Gasteiger partial charge in [-0.3, -0.25) is 0 Å². The first kappa shape index (κ1) is 19.6. The average molecular weight is 364 g/mol. The molecule has 7 nitrogen and oxygen atoms in total. The maximum absolute atomic E-state index is 12.1. The average Bonchev–Trinajstić information content (AvgIpc) is 2.61. The normalized spacial score (nSPS) is 10.8. The molecule has 2 rings (SSSR count). The van der Waals surface area contributed by atoms with Crippen LogP contribution >= 0.6 is 0 Å². The van der Waals surface area contributed by atoms with Crippen LogP contribution in [-0.2, 0) is 4.79 Å². The van der Waals surface area contributed by atoms with E-state index in [1.807, 2.05) is 0 Å². The van der Waals surface area contributed by atoms with Crippen molar-refractivity contribution in [1.82, 2.24) is 0 Å². The monoisotopic (exact) mass is 364 g/mol. The summed E-state index contributed by atoms with van der Waals surface area (Å²) in [6.07, 6.45) is 6.46. The van der Waals surface area contributed by atoms with Gasteiger partial charge in [0.05, 0.1) is 12.0 Å². The van der Waals surface area contributed by atoms with Crippen LogP contribution in [0.4, 0.5) is 0 Å². The lowest BCUT2D eigenvalue weighted by molar-refractivity contribution is -0.139. The van der Waals surface area contributed by atoms with Gasteiger partial charge in [-0.05, 0) is 18.6 Å². The summed E-state index contributed by atoms with van der Waals surface area (Å²) in [4.78, 5) is 22.8. The van der Waals surface area contributed by atoms with Crippen molar-refractivity contribution in [2.75, 3.05) is 13.2 Å². The number of hydrogen-bond donors (Lipinski definition) is 2. The molecule has 0 amide bonds. The largest absolute Gasteiger partial charge is 0.504 e. The van der Waals surface area contributed by atoms with Crippen molar-refractivity contribution in [2.45, 2.75) is 45.4 Å². The van der Waals surface area contributed by atoms with E-state index in [-0.39, 0.29) is 28.2 Å². The quantitative estimate of drug-likeness (QED) is 0.462. The zero-order valence-electron chi connectivity index (χ0n) is 14.8. The molecule has 142 valence electrons. The molecule has 26 heavy (non-hydrogen) atoms. The predicted molar refractivity (Wildman–Crippen MR) is 96.2 cm³/mol. The Bertz CT molecular complexity index is 794. The second-order valence-corrected chi connectivity index (χ2v) is 6.00. The Hall–Kier alpha value is -2.70. The van der Waals surface area contributed by atoms with Crippen LogP contribution in [0.15, 0.2) is 27.4 Å². The summed E-state index contributed by atoms with van der Waals surface area (Å²) in [6.45, 7) is 1.88. The van der Waals surface area contributed by atoms with Crippen LogP contribution in [0.2, 0.25) is 0 Å². The van der Waals surface area contributed by atoms with E-state index in [0.29, 0.717) is 6.61 Å². The van der Waals surface area contributed by atoms with Gasteiger partial charge < -0.3 is 24.1 Å². The molecular formula is C19H24O7. The van der Waals surface area contributed by atoms with Gasteiger partial charge >= 0.3 is 11.6 Å². The Morgan fingerprint density at radius 3 is 2.58 bits per heavy atom. The summed E-state index contributed by atoms with van der Waals surface area (Å²) in [5, 5.41) is 19.3. The van der Waals surface area contributed by atoms with Crippen LogP contribution in [0.3, 0.4) is 0 Å². The van der Waals surface area contributed by atoms with E-state index in [1.165, 1.54) is 25.3 Å². The fourth-order valence-corrected chi connectivity index (χ4v) is 2.60. The van der Waals surface area contributed by atoms with Crippen LogP contribution in [-0.4, -0.2) is 29.4 Å². The lowest BCUT2D eigenvalue weighted by Crippen LogP contribution is -2.11. The van der Waals surface area contributed by atoms with Crippen LogP contribution < -0.4 is 15.1 Å². The SMILES string of the molecule is CCCCCCCCOc1c(O)c2cccc(OCC(=O)O)c2oc1=O. The van der Waals surface area contributed by atoms with E-state index >= 15 is 0 Å². The number of carbonyl (C=O) groups is 1. The Morgan fingerprint density at radius 1 is 1.12 bits per heavy atom. The van der Waals surface area contributed by atoms with Gasteiger partial charge in [0.2, 0.25) is 5.75 Å². The number of rotatable bonds is 11. The molecule has 0 aliphatic carbocycles. The van der Waals surface area contributed by atoms with E-state index in [4.69, 9.17) is 19.0 Å². The number of ether oxygens (including phenoxy) is 2. The predicted octanol–water partition coefficient (Wildman–Crippen LogP) is 3.70. The van der Waals surface area contributed by atoms with E-state index in [2.05, 4.69) is 6.92 Å². The van der Waals surface area contributed by atoms with E-state index in [1.54, 1.807) is 12.1 Å². The van der Waals surface area contributed by atoms with Gasteiger partial charge in [0, 0.05) is 0 Å². The summed E-state index contributed by atoms with van der Waals surface area (Å²) < 4.78 is 15.7. The minimum atomic E-state index is -1.16. The number of benzene rings is 1. The van der Waals surface area contributed by atoms with Crippen molar-refractivity contribution in [3.63, 3.8) is 0 Å². The zero-order valence-corrected chi connectivity index (χ0v) is 14.8. The first-order chi connectivity index (χ1) is 12.5. The number of para-hydroxylation sites is 1. The third-order valence-electron chi connectivity index (χ3n) is 3.92. The molecule has 1 heterocycles. The Morgan fingerprint density at radius 2 is 1.85 bits per heavy atom. The lowest BCUT2D eigenvalue weighted by Gasteiger charge is -2.10. The van der Waals surface area contributed by atoms with E-state index in [0.717, 1.165) is 19.3 Å². The molecule has 0 radical (unpaired) electrons. The summed E-state index contributed by atoms with van der Waals surface area (Å²) in [5.74, 6) is -1.66. The number of fused-ring (bicyclic) bond motifs is 1. The molecule has 2 aromatic rings. The van der Waals surface area contributed by atoms with Crippen LogP contribution in [0.5, 0.6) is 17.2 Å². The second-order valence-electron chi connectivity index (χ2n) is 6.00. The number of carboxylic acids is 1. The first-order valence-corrected chi connectivity index (χ1v) is 8.80. The van der Waals surface area contributed by atoms with E-state index < -0.39 is 18.2 Å². The maximum Gasteiger partial charge on any atom is 0.383 e. The third-order valence-corrected chi connectivity index (χ3v) is 3.92. The minimum absolute atomic E-state index is 0.0110. The highest BCUT2D eigenvalue weighted by atomic mass is 16.5. The molecule has 0 fully saturated rings. The van der Waals surface area contributed by atoms with Crippen molar-refractivity contribution in [2.24, 2.45) is 0 Å². The van der Waals surface area contributed by atoms with Gasteiger partial charge in [-0.1, -0.05) is 45.1 Å². The highest BCUT2D eigenvalue weighted by molar-refractivity contribution is 5.89. The number of carboxylic acid groups (broad SMARTS) is 1. The van der Waals surface area contributed by atoms with Crippen LogP contribution in [0, 0.1) is 0 Å². The van der Waals surface area contributed by atoms with Crippen molar-refractivity contribution < 1.29 is 28.9 Å². The summed E-state index contributed by atoms with van der Waals surface area (Å²) in [7, 11) is 0. The molecule has 0 bridgehead atoms. The molecular weight excluding hydrogens is 340 g/mol. The Labute approximate surface area is 151 Å². The van der Waals surface area contributed by atoms with Crippen molar-refractivity contribution in [3.05, 3.63) is 28.6 Å². The fourth-order valence-electron chi connectivity index (χ4n) is 2.60. The van der Waals surface area contributed by atoms with Gasteiger partial charge in [0.1, 0.15) is 0 Å². The van der Waals surface area contributed by atoms with Gasteiger partial charge in [0.15, 0.2) is 23.7 Å². The number of aliphatic carboxylic acids is 1. The van der Waals surface area contributed by atoms with E-state index in [9.17, 15) is 14.7 Å². The topological polar surface area (TPSA) is 106 Å². The van der Waals surface area contributed by atoms with Crippen LogP contribution in [0.1, 0.15) is 45.4 Å². The standard InChI is InChI=1S/C19H24O7/c1-2-3-4-5-6-7-11-24-18-16(22)13-9-8-10-14(25-12-15(20)21)17(13)26-19(18)23/h8-10,22H,2-7,11-12H2,1H3,(H,20,21). The van der Waals surface area contributed by atoms with Crippen molar-refractivity contribution in [1.29, 1.82) is 0 Å². The highest BCUT2D eigenvalue weighted by Gasteiger charge is 2.18. The minimum Gasteiger partial charge on any atom is -0.504 e. The zero-order chi connectivity index (χ0) is 18.9. The summed E-state index contributed by atoms with van der Waals surface area (Å²) >= 11 is 0. The van der Waals surface area contributed by atoms with Gasteiger partial charge in [-0.2, -0.15) is 0 Å². The molecule has 0 aliphatic rings. The molecule has 7 heteroatoms. The van der Waals surface area contributed by atoms with Gasteiger partial charge in [-0.25, -0.2) is 9.59 Å². The molecule has 0 aliphatic heterocycles. The molecule has 0 atom stereocenters. The molecule has 0 spiro atoms. The molecule has 0 saturated heterocycles. The second kappa shape index (κ2) is 9.70. The first-order valence-electron chi connectivity index (χ1n) is 8.80. The van der Waals surface area contributed by atoms with Gasteiger partial charge in [-0.15, -0.1) is 0 Å². The number of hydrogen-bond acceptors (Lipinski definition) is 6. The van der Waals surface area contributed by atoms with Crippen molar-refractivity contribution in [3.8, 4) is 17.2 Å². The number of unbranched alkanes of at least 4 members (excludes halogenated alkanes) is 5. The van der Waals surface area contributed by atoms with Crippen LogP contribution in [0.25, 0.3) is 11.0 Å². The third kappa shape index (κ3) is 5.15. The molecule has 0 saturated carbocycles. The Kier molecular flexibility index (Phi) is 7.32. The fraction of sp³-hybridized carbons (Fsp3) is 0.474. The summed E-state index contributed by atoms with van der Waals surface area (Å²) in [6, 6.07) is 4.57. The Balaban J connectivity index is 2.09. The highest BCUT2D eigenvalue weighted by Crippen LogP contribution is 2.35. The summed E-state index contributed by atoms with van der Waals surface area (Å²) in [5.41, 5.74) is -0.837. The molecule has 1 aromatic carbocycles. The maximum atomic E-state index is 12.1. The molecule has 0 unspecified atom stereocenters. The molecule has 2 N–H and O–H groups in total. The lowest BCUT2D eigenvalue weighted by atomic mass is 10.1. The molecule has 1 aromatic heterocycles. The smallest absolute Gasteiger partial charge is 0.383 e.